The molecule has 2 aromatic rings. The molecule has 20 heavy (non-hydrogen) atoms. The van der Waals surface area contributed by atoms with Gasteiger partial charge in [-0.1, -0.05) is 28.1 Å². The monoisotopic (exact) mass is 332 g/mol. The third-order valence-electron chi connectivity index (χ3n) is 3.34. The van der Waals surface area contributed by atoms with Gasteiger partial charge in [-0.25, -0.2) is 0 Å². The summed E-state index contributed by atoms with van der Waals surface area (Å²) >= 11 is 3.32. The van der Waals surface area contributed by atoms with E-state index in [1.54, 1.807) is 18.2 Å². The molecular weight excluding hydrogens is 320 g/mol. The first-order valence-corrected chi connectivity index (χ1v) is 7.06. The highest BCUT2D eigenvalue weighted by molar-refractivity contribution is 9.10. The van der Waals surface area contributed by atoms with E-state index >= 15 is 0 Å². The molecule has 0 bridgehead atoms. The Morgan fingerprint density at radius 3 is 2.95 bits per heavy atom. The van der Waals surface area contributed by atoms with Crippen LogP contribution in [0.15, 0.2) is 40.9 Å². The fourth-order valence-corrected chi connectivity index (χ4v) is 2.70. The van der Waals surface area contributed by atoms with Crippen molar-refractivity contribution in [1.82, 2.24) is 5.32 Å². The minimum atomic E-state index is -0.209. The van der Waals surface area contributed by atoms with Crippen LogP contribution in [-0.2, 0) is 13.1 Å². The first kappa shape index (κ1) is 13.1. The number of nitrogens with one attached hydrogen (secondary N) is 2. The lowest BCUT2D eigenvalue weighted by Crippen LogP contribution is -2.14. The second-order valence-electron chi connectivity index (χ2n) is 4.66. The summed E-state index contributed by atoms with van der Waals surface area (Å²) in [4.78, 5) is 12.4. The lowest BCUT2D eigenvalue weighted by molar-refractivity contribution is 0.102. The number of amides is 1. The quantitative estimate of drug-likeness (QED) is 0.741. The van der Waals surface area contributed by atoms with E-state index in [0.717, 1.165) is 22.1 Å². The second-order valence-corrected chi connectivity index (χ2v) is 5.58. The number of fused-ring (bicyclic) bond motifs is 1. The van der Waals surface area contributed by atoms with E-state index in [0.29, 0.717) is 17.8 Å². The molecule has 5 heteroatoms. The van der Waals surface area contributed by atoms with Crippen molar-refractivity contribution in [3.05, 3.63) is 57.6 Å². The number of carbonyl (C=O) groups excluding carboxylic acids is 1. The Bertz CT molecular complexity index is 686. The Kier molecular flexibility index (Phi) is 3.46. The molecule has 0 saturated heterocycles. The largest absolute Gasteiger partial charge is 0.506 e. The molecule has 1 heterocycles. The van der Waals surface area contributed by atoms with Gasteiger partial charge in [-0.15, -0.1) is 0 Å². The number of halogens is 1. The predicted molar refractivity (Wildman–Crippen MR) is 80.7 cm³/mol. The lowest BCUT2D eigenvalue weighted by Gasteiger charge is -2.10. The van der Waals surface area contributed by atoms with Gasteiger partial charge in [0.15, 0.2) is 0 Å². The van der Waals surface area contributed by atoms with E-state index in [9.17, 15) is 9.90 Å². The van der Waals surface area contributed by atoms with Crippen molar-refractivity contribution in [2.45, 2.75) is 13.1 Å². The average molecular weight is 333 g/mol. The van der Waals surface area contributed by atoms with Crippen LogP contribution in [0.1, 0.15) is 21.5 Å². The number of anilines is 1. The molecule has 0 fully saturated rings. The van der Waals surface area contributed by atoms with Gasteiger partial charge in [-0.2, -0.15) is 0 Å². The fraction of sp³-hybridized carbons (Fsp3) is 0.133. The number of rotatable bonds is 2. The molecule has 3 N–H and O–H groups in total. The van der Waals surface area contributed by atoms with Crippen LogP contribution in [0, 0.1) is 0 Å². The van der Waals surface area contributed by atoms with E-state index < -0.39 is 0 Å². The van der Waals surface area contributed by atoms with Crippen molar-refractivity contribution in [1.29, 1.82) is 0 Å². The molecule has 0 aliphatic carbocycles. The molecule has 1 aliphatic rings. The summed E-state index contributed by atoms with van der Waals surface area (Å²) in [5, 5.41) is 15.8. The first-order chi connectivity index (χ1) is 9.65. The zero-order chi connectivity index (χ0) is 14.1. The van der Waals surface area contributed by atoms with Crippen molar-refractivity contribution >= 4 is 27.5 Å². The van der Waals surface area contributed by atoms with Crippen molar-refractivity contribution in [2.75, 3.05) is 5.32 Å². The Morgan fingerprint density at radius 1 is 1.25 bits per heavy atom. The van der Waals surface area contributed by atoms with Crippen molar-refractivity contribution in [3.63, 3.8) is 0 Å². The maximum absolute atomic E-state index is 12.4. The highest BCUT2D eigenvalue weighted by atomic mass is 79.9. The summed E-state index contributed by atoms with van der Waals surface area (Å²) in [6.07, 6.45) is 0. The number of hydrogen-bond acceptors (Lipinski definition) is 3. The molecule has 4 nitrogen and oxygen atoms in total. The van der Waals surface area contributed by atoms with Gasteiger partial charge in [0.2, 0.25) is 0 Å². The number of phenols is 1. The third-order valence-corrected chi connectivity index (χ3v) is 3.83. The normalized spacial score (nSPS) is 13.1. The zero-order valence-electron chi connectivity index (χ0n) is 10.6. The molecule has 0 unspecified atom stereocenters. The van der Waals surface area contributed by atoms with Crippen LogP contribution < -0.4 is 10.6 Å². The minimum absolute atomic E-state index is 0.0484. The number of aromatic hydroxyl groups is 1. The van der Waals surface area contributed by atoms with Gasteiger partial charge >= 0.3 is 0 Å². The highest BCUT2D eigenvalue weighted by Gasteiger charge is 2.19. The van der Waals surface area contributed by atoms with Crippen molar-refractivity contribution in [3.8, 4) is 5.75 Å². The van der Waals surface area contributed by atoms with E-state index in [-0.39, 0.29) is 11.7 Å². The van der Waals surface area contributed by atoms with Crippen molar-refractivity contribution < 1.29 is 9.90 Å². The summed E-state index contributed by atoms with van der Waals surface area (Å²) in [7, 11) is 0. The number of hydrogen-bond donors (Lipinski definition) is 3. The van der Waals surface area contributed by atoms with Gasteiger partial charge in [-0.05, 0) is 35.4 Å². The second kappa shape index (κ2) is 5.26. The summed E-state index contributed by atoms with van der Waals surface area (Å²) in [6.45, 7) is 1.49. The van der Waals surface area contributed by atoms with Crippen LogP contribution in [0.3, 0.4) is 0 Å². The topological polar surface area (TPSA) is 61.4 Å². The van der Waals surface area contributed by atoms with Gasteiger partial charge in [0, 0.05) is 23.1 Å². The van der Waals surface area contributed by atoms with Gasteiger partial charge in [0.1, 0.15) is 5.75 Å². The summed E-state index contributed by atoms with van der Waals surface area (Å²) < 4.78 is 0.797. The van der Waals surface area contributed by atoms with Crippen LogP contribution in [0.4, 0.5) is 5.69 Å². The highest BCUT2D eigenvalue weighted by Crippen LogP contribution is 2.28. The minimum Gasteiger partial charge on any atom is -0.506 e. The molecule has 1 aliphatic heterocycles. The van der Waals surface area contributed by atoms with Crippen LogP contribution in [0.25, 0.3) is 0 Å². The Morgan fingerprint density at radius 2 is 2.10 bits per heavy atom. The molecule has 3 rings (SSSR count). The molecule has 0 spiro atoms. The summed E-state index contributed by atoms with van der Waals surface area (Å²) in [5.74, 6) is -0.161. The van der Waals surface area contributed by atoms with E-state index in [2.05, 4.69) is 26.6 Å². The summed E-state index contributed by atoms with van der Waals surface area (Å²) in [5.41, 5.74) is 3.22. The summed E-state index contributed by atoms with van der Waals surface area (Å²) in [6, 6.07) is 10.6. The van der Waals surface area contributed by atoms with E-state index in [1.807, 2.05) is 12.1 Å². The SMILES string of the molecule is O=C(Nc1cc(Br)ccc1O)c1cccc2c1CNC2. The molecule has 0 atom stereocenters. The molecule has 0 saturated carbocycles. The van der Waals surface area contributed by atoms with Gasteiger partial charge < -0.3 is 15.7 Å². The van der Waals surface area contributed by atoms with Crippen LogP contribution in [0.2, 0.25) is 0 Å². The van der Waals surface area contributed by atoms with Gasteiger partial charge in [0.25, 0.3) is 5.91 Å². The molecule has 0 aromatic heterocycles. The van der Waals surface area contributed by atoms with Crippen LogP contribution >= 0.6 is 15.9 Å². The van der Waals surface area contributed by atoms with Gasteiger partial charge in [0.05, 0.1) is 5.69 Å². The molecule has 0 radical (unpaired) electrons. The Labute approximate surface area is 125 Å². The number of phenolic OH excluding ortho intramolecular Hbond substituents is 1. The fourth-order valence-electron chi connectivity index (χ4n) is 2.34. The molecule has 2 aromatic carbocycles. The molecule has 1 amide bonds. The molecule has 102 valence electrons. The van der Waals surface area contributed by atoms with E-state index in [4.69, 9.17) is 0 Å². The van der Waals surface area contributed by atoms with Gasteiger partial charge in [-0.3, -0.25) is 4.79 Å². The van der Waals surface area contributed by atoms with Crippen LogP contribution in [-0.4, -0.2) is 11.0 Å². The first-order valence-electron chi connectivity index (χ1n) is 6.26. The Hall–Kier alpha value is -1.85. The lowest BCUT2D eigenvalue weighted by atomic mass is 10.0. The zero-order valence-corrected chi connectivity index (χ0v) is 12.2. The molecular formula is C15H13BrN2O2. The number of benzene rings is 2. The average Bonchev–Trinajstić information content (AvgIpc) is 2.91. The smallest absolute Gasteiger partial charge is 0.256 e. The Balaban J connectivity index is 1.91. The number of carbonyl (C=O) groups is 1. The maximum atomic E-state index is 12.4. The van der Waals surface area contributed by atoms with Crippen LogP contribution in [0.5, 0.6) is 5.75 Å². The van der Waals surface area contributed by atoms with Crippen molar-refractivity contribution in [2.24, 2.45) is 0 Å². The predicted octanol–water partition coefficient (Wildman–Crippen LogP) is 3.01. The maximum Gasteiger partial charge on any atom is 0.256 e. The van der Waals surface area contributed by atoms with E-state index in [1.165, 1.54) is 6.07 Å². The third kappa shape index (κ3) is 2.42. The standard InChI is InChI=1S/C15H13BrN2O2/c16-10-4-5-14(19)13(6-10)18-15(20)11-3-1-2-9-7-17-8-12(9)11/h1-6,17,19H,7-8H2,(H,18,20).